The van der Waals surface area contributed by atoms with Gasteiger partial charge in [-0.3, -0.25) is 28.8 Å². The molecular formula is C30H40O14. The van der Waals surface area contributed by atoms with Gasteiger partial charge in [0.05, 0.1) is 18.1 Å². The molecule has 3 aliphatic carbocycles. The second kappa shape index (κ2) is 11.2. The predicted octanol–water partition coefficient (Wildman–Crippen LogP) is 0.329. The van der Waals surface area contributed by atoms with Crippen LogP contribution >= 0.6 is 0 Å². The van der Waals surface area contributed by atoms with Gasteiger partial charge in [0.2, 0.25) is 0 Å². The number of aliphatic hydroxyl groups is 2. The molecule has 0 amide bonds. The van der Waals surface area contributed by atoms with E-state index in [2.05, 4.69) is 6.58 Å². The molecule has 14 nitrogen and oxygen atoms in total. The Hall–Kier alpha value is -3.36. The number of rotatable bonds is 6. The Morgan fingerprint density at radius 3 is 1.95 bits per heavy atom. The van der Waals surface area contributed by atoms with Crippen LogP contribution in [-0.4, -0.2) is 101 Å². The van der Waals surface area contributed by atoms with Crippen molar-refractivity contribution in [2.24, 2.45) is 22.7 Å². The molecule has 0 aromatic carbocycles. The zero-order chi connectivity index (χ0) is 33.2. The van der Waals surface area contributed by atoms with E-state index in [1.165, 1.54) is 6.92 Å². The lowest BCUT2D eigenvalue weighted by atomic mass is 9.43. The first-order valence-corrected chi connectivity index (χ1v) is 14.4. The summed E-state index contributed by atoms with van der Waals surface area (Å²) >= 11 is 0. The van der Waals surface area contributed by atoms with Crippen LogP contribution in [0.5, 0.6) is 0 Å². The van der Waals surface area contributed by atoms with Gasteiger partial charge in [-0.1, -0.05) is 13.5 Å². The number of Topliss-reactive ketones (excluding diaryl/α,β-unsaturated/α-hetero) is 1. The highest BCUT2D eigenvalue weighted by Crippen LogP contribution is 2.67. The van der Waals surface area contributed by atoms with Crippen LogP contribution in [0.1, 0.15) is 61.3 Å². The normalized spacial score (nSPS) is 42.6. The highest BCUT2D eigenvalue weighted by atomic mass is 16.6. The first kappa shape index (κ1) is 33.5. The predicted molar refractivity (Wildman–Crippen MR) is 145 cm³/mol. The number of carbonyl (C=O) groups is 6. The monoisotopic (exact) mass is 624 g/mol. The lowest BCUT2D eigenvalue weighted by molar-refractivity contribution is -0.302. The highest BCUT2D eigenvalue weighted by molar-refractivity contribution is 5.91. The van der Waals surface area contributed by atoms with Gasteiger partial charge in [0.15, 0.2) is 23.6 Å². The van der Waals surface area contributed by atoms with E-state index in [0.717, 1.165) is 34.6 Å². The molecule has 0 aromatic heterocycles. The van der Waals surface area contributed by atoms with Gasteiger partial charge in [-0.15, -0.1) is 0 Å². The van der Waals surface area contributed by atoms with Crippen molar-refractivity contribution in [3.05, 3.63) is 12.2 Å². The van der Waals surface area contributed by atoms with Crippen molar-refractivity contribution in [3.63, 3.8) is 0 Å². The topological polar surface area (TPSA) is 198 Å². The molecule has 0 radical (unpaired) electrons. The Balaban J connectivity index is 2.22. The minimum Gasteiger partial charge on any atom is -0.465 e. The van der Waals surface area contributed by atoms with Crippen molar-refractivity contribution in [3.8, 4) is 0 Å². The Bertz CT molecular complexity index is 1290. The van der Waals surface area contributed by atoms with Gasteiger partial charge >= 0.3 is 29.8 Å². The number of ketones is 1. The maximum absolute atomic E-state index is 13.9. The van der Waals surface area contributed by atoms with Crippen LogP contribution < -0.4 is 0 Å². The molecule has 11 atom stereocenters. The van der Waals surface area contributed by atoms with Crippen LogP contribution in [0.15, 0.2) is 12.2 Å². The van der Waals surface area contributed by atoms with Crippen molar-refractivity contribution >= 4 is 35.6 Å². The van der Waals surface area contributed by atoms with Crippen LogP contribution in [0.2, 0.25) is 0 Å². The fourth-order valence-electron chi connectivity index (χ4n) is 8.24. The molecule has 1 saturated heterocycles. The van der Waals surface area contributed by atoms with Crippen molar-refractivity contribution in [2.45, 2.75) is 103 Å². The lowest BCUT2D eigenvalue weighted by Gasteiger charge is -2.64. The fraction of sp³-hybridized carbons (Fsp3) is 0.733. The summed E-state index contributed by atoms with van der Waals surface area (Å²) in [5.74, 6) is -7.35. The summed E-state index contributed by atoms with van der Waals surface area (Å²) < 4.78 is 35.0. The summed E-state index contributed by atoms with van der Waals surface area (Å²) in [6.07, 6.45) is -8.63. The minimum absolute atomic E-state index is 0.0271. The van der Waals surface area contributed by atoms with Crippen molar-refractivity contribution in [1.82, 2.24) is 0 Å². The summed E-state index contributed by atoms with van der Waals surface area (Å²) in [4.78, 5) is 77.3. The quantitative estimate of drug-likeness (QED) is 0.233. The van der Waals surface area contributed by atoms with E-state index in [9.17, 15) is 39.0 Å². The standard InChI is InChI=1S/C30H40O14/c1-13-20(36)10-22(41-15(3)32)29(12-39-14(2)31)23(13)24(42-16(4)33)19-9-21(37)28(8)30(38,27(19,7)11-40-28)26(44-18(6)35)25(29)43-17(5)34/h19-20,22-26,36,38H,1,9-12H2,2-8H3/t19-,20-,22?,23-,24+,25-,26-,27+,28-,29+,30-/m0/s1. The van der Waals surface area contributed by atoms with Gasteiger partial charge < -0.3 is 38.6 Å². The molecule has 244 valence electrons. The minimum atomic E-state index is -2.45. The maximum atomic E-state index is 13.9. The third-order valence-corrected chi connectivity index (χ3v) is 10.1. The van der Waals surface area contributed by atoms with Gasteiger partial charge in [0, 0.05) is 64.7 Å². The van der Waals surface area contributed by atoms with E-state index in [1.54, 1.807) is 6.92 Å². The van der Waals surface area contributed by atoms with Crippen LogP contribution in [-0.2, 0) is 57.2 Å². The average Bonchev–Trinajstić information content (AvgIpc) is 3.03. The molecule has 0 spiro atoms. The van der Waals surface area contributed by atoms with Gasteiger partial charge in [0.25, 0.3) is 0 Å². The third kappa shape index (κ3) is 4.72. The zero-order valence-electron chi connectivity index (χ0n) is 25.9. The second-order valence-corrected chi connectivity index (χ2v) is 12.7. The Kier molecular flexibility index (Phi) is 8.55. The number of fused-ring (bicyclic) bond motifs is 1. The molecule has 4 rings (SSSR count). The van der Waals surface area contributed by atoms with Crippen molar-refractivity contribution < 1.29 is 67.4 Å². The van der Waals surface area contributed by atoms with E-state index in [4.69, 9.17) is 28.4 Å². The van der Waals surface area contributed by atoms with E-state index in [1.807, 2.05) is 0 Å². The maximum Gasteiger partial charge on any atom is 0.303 e. The number of hydrogen-bond acceptors (Lipinski definition) is 14. The second-order valence-electron chi connectivity index (χ2n) is 12.7. The van der Waals surface area contributed by atoms with Crippen LogP contribution in [0.4, 0.5) is 0 Å². The van der Waals surface area contributed by atoms with Crippen molar-refractivity contribution in [2.75, 3.05) is 13.2 Å². The first-order chi connectivity index (χ1) is 20.3. The molecule has 14 heteroatoms. The Morgan fingerprint density at radius 2 is 1.43 bits per heavy atom. The molecule has 2 N–H and O–H groups in total. The summed E-state index contributed by atoms with van der Waals surface area (Å²) in [5, 5.41) is 24.2. The van der Waals surface area contributed by atoms with E-state index < -0.39 is 107 Å². The van der Waals surface area contributed by atoms with Crippen LogP contribution in [0.3, 0.4) is 0 Å². The summed E-state index contributed by atoms with van der Waals surface area (Å²) in [5.41, 5.74) is -7.95. The smallest absolute Gasteiger partial charge is 0.303 e. The van der Waals surface area contributed by atoms with Crippen molar-refractivity contribution in [1.29, 1.82) is 0 Å². The molecule has 0 aromatic rings. The Labute approximate surface area is 254 Å². The molecular weight excluding hydrogens is 584 g/mol. The molecule has 3 saturated carbocycles. The van der Waals surface area contributed by atoms with Gasteiger partial charge in [-0.05, 0) is 12.5 Å². The third-order valence-electron chi connectivity index (χ3n) is 10.1. The number of hydrogen-bond donors (Lipinski definition) is 2. The van der Waals surface area contributed by atoms with E-state index >= 15 is 0 Å². The summed E-state index contributed by atoms with van der Waals surface area (Å²) in [7, 11) is 0. The van der Waals surface area contributed by atoms with Crippen LogP contribution in [0, 0.1) is 22.7 Å². The van der Waals surface area contributed by atoms with Gasteiger partial charge in [-0.25, -0.2) is 0 Å². The Morgan fingerprint density at radius 1 is 0.886 bits per heavy atom. The molecule has 1 heterocycles. The van der Waals surface area contributed by atoms with Gasteiger partial charge in [0.1, 0.15) is 24.4 Å². The van der Waals surface area contributed by atoms with Crippen LogP contribution in [0.25, 0.3) is 0 Å². The molecule has 1 unspecified atom stereocenters. The largest absolute Gasteiger partial charge is 0.465 e. The summed E-state index contributed by atoms with van der Waals surface area (Å²) in [6.45, 7) is 11.4. The lowest BCUT2D eigenvalue weighted by Crippen LogP contribution is -2.81. The average molecular weight is 625 g/mol. The van der Waals surface area contributed by atoms with E-state index in [-0.39, 0.29) is 25.0 Å². The number of aliphatic hydroxyl groups excluding tert-OH is 1. The molecule has 4 fully saturated rings. The van der Waals surface area contributed by atoms with Gasteiger partial charge in [-0.2, -0.15) is 0 Å². The fourth-order valence-corrected chi connectivity index (χ4v) is 8.24. The van der Waals surface area contributed by atoms with E-state index in [0.29, 0.717) is 0 Å². The first-order valence-electron chi connectivity index (χ1n) is 14.4. The number of ether oxygens (including phenoxy) is 6. The molecule has 1 aliphatic heterocycles. The SMILES string of the molecule is C=C1[C@@H](O)CC(OC(C)=O)[C@@]2(COC(C)=O)[C@@H](OC(C)=O)[C@H](OC(C)=O)[C@@]3(O)[C@@]4(C)OC[C@]3(C)[C@@H](CC4=O)[C@@H](OC(C)=O)[C@H]12. The number of carbonyl (C=O) groups excluding carboxylic acids is 6. The zero-order valence-corrected chi connectivity index (χ0v) is 25.9. The summed E-state index contributed by atoms with van der Waals surface area (Å²) in [6, 6.07) is 0. The molecule has 4 aliphatic rings. The molecule has 4 bridgehead atoms. The molecule has 44 heavy (non-hydrogen) atoms. The number of esters is 5. The highest BCUT2D eigenvalue weighted by Gasteiger charge is 2.83.